The summed E-state index contributed by atoms with van der Waals surface area (Å²) in [5.41, 5.74) is 0.755. The van der Waals surface area contributed by atoms with Crippen molar-refractivity contribution in [3.8, 4) is 0 Å². The summed E-state index contributed by atoms with van der Waals surface area (Å²) in [5.74, 6) is -1.26. The van der Waals surface area contributed by atoms with Crippen molar-refractivity contribution in [1.82, 2.24) is 4.90 Å². The number of carbonyl (C=O) groups excluding carboxylic acids is 2. The van der Waals surface area contributed by atoms with Gasteiger partial charge in [-0.3, -0.25) is 14.4 Å². The van der Waals surface area contributed by atoms with E-state index in [0.29, 0.717) is 22.8 Å². The Morgan fingerprint density at radius 3 is 2.92 bits per heavy atom. The van der Waals surface area contributed by atoms with E-state index in [2.05, 4.69) is 5.32 Å². The first-order chi connectivity index (χ1) is 12.0. The molecule has 0 aliphatic carbocycles. The van der Waals surface area contributed by atoms with Gasteiger partial charge in [0.1, 0.15) is 0 Å². The number of carbonyl (C=O) groups is 3. The summed E-state index contributed by atoms with van der Waals surface area (Å²) in [7, 11) is 0. The molecule has 7 nitrogen and oxygen atoms in total. The van der Waals surface area contributed by atoms with Gasteiger partial charge < -0.3 is 19.7 Å². The number of aliphatic carboxylic acids is 1. The predicted octanol–water partition coefficient (Wildman–Crippen LogP) is 2.98. The largest absolute Gasteiger partial charge is 0.481 e. The standard InChI is InChI=1S/C17H18N2O5S/c1-10-8-13(18-16(22)12-5-3-7-24-12)25-15(10)17(23)19-6-2-4-11(19)9-14(20)21/h3,5,7-8,11H,2,4,6,9H2,1H3,(H,18,22)(H,20,21). The van der Waals surface area contributed by atoms with Crippen LogP contribution in [-0.2, 0) is 4.79 Å². The van der Waals surface area contributed by atoms with Crippen LogP contribution in [0.5, 0.6) is 0 Å². The van der Waals surface area contributed by atoms with Crippen LogP contribution in [0.3, 0.4) is 0 Å². The summed E-state index contributed by atoms with van der Waals surface area (Å²) in [6.45, 7) is 2.36. The second-order valence-electron chi connectivity index (χ2n) is 5.95. The first-order valence-corrected chi connectivity index (χ1v) is 8.75. The number of thiophene rings is 1. The lowest BCUT2D eigenvalue weighted by Crippen LogP contribution is -2.36. The maximum absolute atomic E-state index is 12.8. The van der Waals surface area contributed by atoms with Gasteiger partial charge in [0.25, 0.3) is 11.8 Å². The maximum Gasteiger partial charge on any atom is 0.305 e. The molecule has 2 aromatic rings. The molecule has 1 saturated heterocycles. The van der Waals surface area contributed by atoms with Crippen LogP contribution < -0.4 is 5.32 Å². The molecule has 2 amide bonds. The first kappa shape index (κ1) is 17.2. The van der Waals surface area contributed by atoms with E-state index in [1.807, 2.05) is 0 Å². The van der Waals surface area contributed by atoms with Crippen molar-refractivity contribution in [2.24, 2.45) is 0 Å². The number of hydrogen-bond donors (Lipinski definition) is 2. The second-order valence-corrected chi connectivity index (χ2v) is 7.00. The van der Waals surface area contributed by atoms with E-state index in [-0.39, 0.29) is 30.0 Å². The molecule has 25 heavy (non-hydrogen) atoms. The Morgan fingerprint density at radius 2 is 2.24 bits per heavy atom. The molecule has 2 aromatic heterocycles. The van der Waals surface area contributed by atoms with Crippen LogP contribution in [0.1, 0.15) is 45.1 Å². The highest BCUT2D eigenvalue weighted by atomic mass is 32.1. The van der Waals surface area contributed by atoms with Crippen LogP contribution in [0, 0.1) is 6.92 Å². The summed E-state index contributed by atoms with van der Waals surface area (Å²) in [4.78, 5) is 38.0. The number of likely N-dealkylation sites (tertiary alicyclic amines) is 1. The molecular weight excluding hydrogens is 344 g/mol. The van der Waals surface area contributed by atoms with Crippen LogP contribution in [0.15, 0.2) is 28.9 Å². The molecule has 0 radical (unpaired) electrons. The van der Waals surface area contributed by atoms with Gasteiger partial charge in [-0.25, -0.2) is 0 Å². The minimum absolute atomic E-state index is 0.0434. The third-order valence-corrected chi connectivity index (χ3v) is 5.28. The predicted molar refractivity (Wildman–Crippen MR) is 92.0 cm³/mol. The topological polar surface area (TPSA) is 99.9 Å². The quantitative estimate of drug-likeness (QED) is 0.852. The van der Waals surface area contributed by atoms with Crippen molar-refractivity contribution in [1.29, 1.82) is 0 Å². The van der Waals surface area contributed by atoms with E-state index < -0.39 is 5.97 Å². The highest BCUT2D eigenvalue weighted by Gasteiger charge is 2.32. The molecule has 0 bridgehead atoms. The Bertz CT molecular complexity index is 796. The Morgan fingerprint density at radius 1 is 1.44 bits per heavy atom. The fraction of sp³-hybridized carbons (Fsp3) is 0.353. The molecule has 0 aromatic carbocycles. The number of amides is 2. The summed E-state index contributed by atoms with van der Waals surface area (Å²) in [6.07, 6.45) is 2.87. The number of nitrogens with zero attached hydrogens (tertiary/aromatic N) is 1. The Hall–Kier alpha value is -2.61. The highest BCUT2D eigenvalue weighted by Crippen LogP contribution is 2.31. The van der Waals surface area contributed by atoms with E-state index in [1.54, 1.807) is 30.0 Å². The van der Waals surface area contributed by atoms with Gasteiger partial charge >= 0.3 is 5.97 Å². The molecule has 0 spiro atoms. The van der Waals surface area contributed by atoms with Gasteiger partial charge in [0, 0.05) is 12.6 Å². The fourth-order valence-corrected chi connectivity index (χ4v) is 4.01. The average molecular weight is 362 g/mol. The van der Waals surface area contributed by atoms with Crippen molar-refractivity contribution in [3.05, 3.63) is 40.7 Å². The summed E-state index contributed by atoms with van der Waals surface area (Å²) in [5, 5.41) is 12.3. The lowest BCUT2D eigenvalue weighted by molar-refractivity contribution is -0.137. The molecular formula is C17H18N2O5S. The van der Waals surface area contributed by atoms with Crippen molar-refractivity contribution < 1.29 is 23.9 Å². The van der Waals surface area contributed by atoms with Crippen molar-refractivity contribution in [3.63, 3.8) is 0 Å². The van der Waals surface area contributed by atoms with Crippen LogP contribution in [0.4, 0.5) is 5.00 Å². The molecule has 2 N–H and O–H groups in total. The second kappa shape index (κ2) is 7.10. The van der Waals surface area contributed by atoms with Gasteiger partial charge in [0.15, 0.2) is 5.76 Å². The van der Waals surface area contributed by atoms with Gasteiger partial charge in [-0.05, 0) is 43.5 Å². The minimum Gasteiger partial charge on any atom is -0.481 e. The van der Waals surface area contributed by atoms with Crippen molar-refractivity contribution in [2.75, 3.05) is 11.9 Å². The van der Waals surface area contributed by atoms with Gasteiger partial charge in [0.2, 0.25) is 0 Å². The molecule has 1 aliphatic rings. The number of hydrogen-bond acceptors (Lipinski definition) is 5. The molecule has 8 heteroatoms. The van der Waals surface area contributed by atoms with Crippen LogP contribution in [0.25, 0.3) is 0 Å². The number of anilines is 1. The van der Waals surface area contributed by atoms with Crippen LogP contribution in [0.2, 0.25) is 0 Å². The van der Waals surface area contributed by atoms with Crippen LogP contribution in [-0.4, -0.2) is 40.4 Å². The number of carboxylic acids is 1. The lowest BCUT2D eigenvalue weighted by Gasteiger charge is -2.23. The maximum atomic E-state index is 12.8. The van der Waals surface area contributed by atoms with Crippen molar-refractivity contribution in [2.45, 2.75) is 32.2 Å². The normalized spacial score (nSPS) is 16.8. The number of nitrogens with one attached hydrogen (secondary N) is 1. The monoisotopic (exact) mass is 362 g/mol. The zero-order chi connectivity index (χ0) is 18.0. The lowest BCUT2D eigenvalue weighted by atomic mass is 10.1. The molecule has 1 aliphatic heterocycles. The van der Waals surface area contributed by atoms with Crippen LogP contribution >= 0.6 is 11.3 Å². The molecule has 1 unspecified atom stereocenters. The smallest absolute Gasteiger partial charge is 0.305 e. The number of carboxylic acid groups (broad SMARTS) is 1. The molecule has 1 fully saturated rings. The fourth-order valence-electron chi connectivity index (χ4n) is 2.98. The van der Waals surface area contributed by atoms with Gasteiger partial charge in [0.05, 0.1) is 22.6 Å². The SMILES string of the molecule is Cc1cc(NC(=O)c2ccco2)sc1C(=O)N1CCCC1CC(=O)O. The Kier molecular flexibility index (Phi) is 4.89. The van der Waals surface area contributed by atoms with E-state index in [9.17, 15) is 14.4 Å². The Balaban J connectivity index is 1.74. The van der Waals surface area contributed by atoms with E-state index in [4.69, 9.17) is 9.52 Å². The van der Waals surface area contributed by atoms with E-state index >= 15 is 0 Å². The highest BCUT2D eigenvalue weighted by molar-refractivity contribution is 7.18. The van der Waals surface area contributed by atoms with Gasteiger partial charge in [-0.15, -0.1) is 11.3 Å². The molecule has 3 rings (SSSR count). The first-order valence-electron chi connectivity index (χ1n) is 7.93. The number of furan rings is 1. The molecule has 3 heterocycles. The molecule has 1 atom stereocenters. The third-order valence-electron chi connectivity index (χ3n) is 4.14. The Labute approximate surface area is 148 Å². The summed E-state index contributed by atoms with van der Waals surface area (Å²) in [6, 6.07) is 4.65. The zero-order valence-corrected chi connectivity index (χ0v) is 14.5. The zero-order valence-electron chi connectivity index (χ0n) is 13.7. The molecule has 132 valence electrons. The average Bonchev–Trinajstić information content (AvgIpc) is 3.27. The summed E-state index contributed by atoms with van der Waals surface area (Å²) >= 11 is 1.19. The van der Waals surface area contributed by atoms with Crippen molar-refractivity contribution >= 4 is 34.1 Å². The van der Waals surface area contributed by atoms with E-state index in [0.717, 1.165) is 12.0 Å². The third kappa shape index (κ3) is 3.74. The van der Waals surface area contributed by atoms with E-state index in [1.165, 1.54) is 17.6 Å². The number of rotatable bonds is 5. The molecule has 0 saturated carbocycles. The summed E-state index contributed by atoms with van der Waals surface area (Å²) < 4.78 is 5.05. The number of aryl methyl sites for hydroxylation is 1. The minimum atomic E-state index is -0.904. The van der Waals surface area contributed by atoms with Gasteiger partial charge in [-0.2, -0.15) is 0 Å². The van der Waals surface area contributed by atoms with Gasteiger partial charge in [-0.1, -0.05) is 0 Å².